The Balaban J connectivity index is 0.000000152. The van der Waals surface area contributed by atoms with Gasteiger partial charge in [-0.25, -0.2) is 0 Å². The lowest BCUT2D eigenvalue weighted by Crippen LogP contribution is -2.45. The fraction of sp³-hybridized carbons (Fsp3) is 0.460. The second-order valence-electron chi connectivity index (χ2n) is 19.4. The van der Waals surface area contributed by atoms with Crippen LogP contribution in [0.4, 0.5) is 17.1 Å². The normalized spacial score (nSPS) is 16.9. The van der Waals surface area contributed by atoms with Crippen molar-refractivity contribution < 1.29 is 10.4 Å². The lowest BCUT2D eigenvalue weighted by molar-refractivity contribution is 0.155. The molecule has 0 amide bonds. The molecule has 11 heteroatoms. The zero-order valence-corrected chi connectivity index (χ0v) is 37.7. The number of nitrogens with zero attached hydrogens (tertiary/aromatic N) is 3. The monoisotopic (exact) mass is 831 g/mol. The molecule has 0 bridgehead atoms. The van der Waals surface area contributed by atoms with Crippen LogP contribution in [-0.4, -0.2) is 41.6 Å². The molecule has 0 saturated heterocycles. The number of benzene rings is 3. The van der Waals surface area contributed by atoms with E-state index in [0.717, 1.165) is 133 Å². The number of aryl methyl sites for hydroxylation is 7. The predicted molar refractivity (Wildman–Crippen MR) is 253 cm³/mol. The summed E-state index contributed by atoms with van der Waals surface area (Å²) < 4.78 is 1.67. The van der Waals surface area contributed by atoms with E-state index < -0.39 is 0 Å². The second-order valence-corrected chi connectivity index (χ2v) is 19.4. The van der Waals surface area contributed by atoms with Crippen LogP contribution in [-0.2, 0) is 26.3 Å². The van der Waals surface area contributed by atoms with E-state index in [-0.39, 0.29) is 40.7 Å². The fourth-order valence-electron chi connectivity index (χ4n) is 8.94. The molecule has 3 aromatic heterocycles. The number of hydrogen-bond acceptors (Lipinski definition) is 8. The number of rotatable bonds is 0. The largest absolute Gasteiger partial charge is 0.380 e. The molecule has 3 aromatic carbocycles. The van der Waals surface area contributed by atoms with Crippen LogP contribution in [0.15, 0.2) is 50.8 Å². The molecule has 61 heavy (non-hydrogen) atoms. The van der Waals surface area contributed by atoms with Crippen molar-refractivity contribution in [1.82, 2.24) is 14.5 Å². The quantitative estimate of drug-likeness (QED) is 0.102. The van der Waals surface area contributed by atoms with Gasteiger partial charge in [-0.1, -0.05) is 7.43 Å². The Morgan fingerprint density at radius 2 is 0.967 bits per heavy atom. The number of aromatic nitrogens is 3. The van der Waals surface area contributed by atoms with E-state index in [4.69, 9.17) is 0 Å². The number of nitrogens with one attached hydrogen (secondary N) is 3. The third kappa shape index (κ3) is 7.98. The SMILES string of the molecule is C.Cc1c(C)c2cc3c(cc2[nH]c1=O)N(O)C(C)(C)CC3.Cc1c(C)c2cc3c(cc2[nH]c1=O)NC(C)(C)CC3.Cc1c(C)c2cc3c(cc2n(C)c1=O)N(O)C(C)(C)CC3. The number of fused-ring (bicyclic) bond motifs is 6. The summed E-state index contributed by atoms with van der Waals surface area (Å²) in [5.74, 6) is 0. The predicted octanol–water partition coefficient (Wildman–Crippen LogP) is 10.1. The van der Waals surface area contributed by atoms with Crippen LogP contribution in [0, 0.1) is 41.5 Å². The van der Waals surface area contributed by atoms with Gasteiger partial charge < -0.3 is 19.9 Å². The summed E-state index contributed by atoms with van der Waals surface area (Å²) in [7, 11) is 1.79. The molecule has 6 heterocycles. The molecule has 0 fully saturated rings. The zero-order valence-electron chi connectivity index (χ0n) is 37.7. The molecule has 0 aliphatic carbocycles. The number of anilines is 3. The van der Waals surface area contributed by atoms with Crippen molar-refractivity contribution >= 4 is 49.8 Å². The Morgan fingerprint density at radius 3 is 1.49 bits per heavy atom. The molecule has 326 valence electrons. The highest BCUT2D eigenvalue weighted by atomic mass is 16.5. The minimum absolute atomic E-state index is 0. The fourth-order valence-corrected chi connectivity index (χ4v) is 8.94. The maximum absolute atomic E-state index is 12.3. The molecular formula is C50H66N6O5. The lowest BCUT2D eigenvalue weighted by atomic mass is 9.87. The summed E-state index contributed by atoms with van der Waals surface area (Å²) in [6.07, 6.45) is 5.91. The van der Waals surface area contributed by atoms with Gasteiger partial charge in [-0.05, 0) is 191 Å². The van der Waals surface area contributed by atoms with E-state index in [1.807, 2.05) is 81.4 Å². The lowest BCUT2D eigenvalue weighted by Gasteiger charge is -2.40. The van der Waals surface area contributed by atoms with E-state index in [1.54, 1.807) is 11.6 Å². The smallest absolute Gasteiger partial charge is 0.253 e. The van der Waals surface area contributed by atoms with Crippen molar-refractivity contribution in [2.45, 2.75) is 146 Å². The van der Waals surface area contributed by atoms with Crippen LogP contribution in [0.25, 0.3) is 32.7 Å². The molecule has 0 spiro atoms. The van der Waals surface area contributed by atoms with Gasteiger partial charge in [-0.2, -0.15) is 0 Å². The molecular weight excluding hydrogens is 765 g/mol. The standard InChI is InChI=1S/C17H22N2O2.C16H20N2O2.C16H20N2O.CH4/c1-10-11(2)16(20)18(5)15-9-14-12(8-13(10)15)6-7-17(3,4)19(14)21;1-9-10(2)15(19)17-13-8-14-11(7-12(9)13)5-6-16(3,4)18(14)20;1-9-10(2)15(19)17-14-8-13-11(7-12(9)14)5-6-16(3,4)18-13;/h8-9,21H,6-7H2,1-5H3;7-8,20H,5-6H2,1-4H3,(H,17,19);7-8,18H,5-6H2,1-4H3,(H,17,19);1H4. The van der Waals surface area contributed by atoms with Gasteiger partial charge >= 0.3 is 0 Å². The number of H-pyrrole nitrogens is 2. The average molecular weight is 831 g/mol. The van der Waals surface area contributed by atoms with E-state index in [1.165, 1.54) is 15.7 Å². The van der Waals surface area contributed by atoms with Gasteiger partial charge in [0.15, 0.2) is 0 Å². The van der Waals surface area contributed by atoms with Gasteiger partial charge in [0.25, 0.3) is 16.7 Å². The van der Waals surface area contributed by atoms with Crippen LogP contribution in [0.2, 0.25) is 0 Å². The van der Waals surface area contributed by atoms with E-state index in [2.05, 4.69) is 53.4 Å². The Labute approximate surface area is 359 Å². The summed E-state index contributed by atoms with van der Waals surface area (Å²) in [5.41, 5.74) is 14.0. The maximum Gasteiger partial charge on any atom is 0.253 e. The summed E-state index contributed by atoms with van der Waals surface area (Å²) in [4.78, 5) is 41.9. The number of aromatic amines is 2. The summed E-state index contributed by atoms with van der Waals surface area (Å²) in [5, 5.41) is 30.4. The van der Waals surface area contributed by atoms with Crippen molar-refractivity contribution in [2.24, 2.45) is 7.05 Å². The van der Waals surface area contributed by atoms with Gasteiger partial charge in [0, 0.05) is 51.1 Å². The van der Waals surface area contributed by atoms with E-state index in [0.29, 0.717) is 0 Å². The van der Waals surface area contributed by atoms with Crippen LogP contribution >= 0.6 is 0 Å². The topological polar surface area (TPSA) is 147 Å². The molecule has 11 nitrogen and oxygen atoms in total. The molecule has 0 atom stereocenters. The summed E-state index contributed by atoms with van der Waals surface area (Å²) >= 11 is 0. The van der Waals surface area contributed by atoms with E-state index >= 15 is 0 Å². The average Bonchev–Trinajstić information content (AvgIpc) is 3.19. The van der Waals surface area contributed by atoms with E-state index in [9.17, 15) is 24.8 Å². The van der Waals surface area contributed by atoms with Gasteiger partial charge in [0.1, 0.15) is 0 Å². The number of hydrogen-bond donors (Lipinski definition) is 5. The number of pyridine rings is 3. The highest BCUT2D eigenvalue weighted by Gasteiger charge is 2.34. The van der Waals surface area contributed by atoms with Crippen LogP contribution in [0.5, 0.6) is 0 Å². The highest BCUT2D eigenvalue weighted by Crippen LogP contribution is 2.40. The first-order valence-corrected chi connectivity index (χ1v) is 21.1. The third-order valence-corrected chi connectivity index (χ3v) is 13.8. The number of hydroxylamine groups is 2. The van der Waals surface area contributed by atoms with Crippen molar-refractivity contribution in [1.29, 1.82) is 0 Å². The highest BCUT2D eigenvalue weighted by molar-refractivity contribution is 5.90. The van der Waals surface area contributed by atoms with Crippen molar-refractivity contribution in [3.63, 3.8) is 0 Å². The molecule has 6 aromatic rings. The molecule has 3 aliphatic rings. The first-order valence-electron chi connectivity index (χ1n) is 21.1. The molecule has 0 unspecified atom stereocenters. The van der Waals surface area contributed by atoms with Gasteiger partial charge in [-0.3, -0.25) is 34.9 Å². The Bertz CT molecular complexity index is 2920. The second kappa shape index (κ2) is 15.8. The Hall–Kier alpha value is -5.39. The summed E-state index contributed by atoms with van der Waals surface area (Å²) in [6.45, 7) is 24.1. The first-order chi connectivity index (χ1) is 27.9. The van der Waals surface area contributed by atoms with Crippen molar-refractivity contribution in [3.05, 3.63) is 118 Å². The minimum atomic E-state index is -0.278. The van der Waals surface area contributed by atoms with Crippen LogP contribution in [0.1, 0.15) is 118 Å². The Morgan fingerprint density at radius 1 is 0.541 bits per heavy atom. The van der Waals surface area contributed by atoms with Crippen molar-refractivity contribution in [3.8, 4) is 0 Å². The van der Waals surface area contributed by atoms with Gasteiger partial charge in [-0.15, -0.1) is 0 Å². The molecule has 3 aliphatic heterocycles. The molecule has 0 saturated carbocycles. The molecule has 0 radical (unpaired) electrons. The van der Waals surface area contributed by atoms with Gasteiger partial charge in [0.05, 0.1) is 39.0 Å². The van der Waals surface area contributed by atoms with Crippen LogP contribution in [0.3, 0.4) is 0 Å². The molecule has 9 rings (SSSR count). The Kier molecular flexibility index (Phi) is 11.7. The minimum Gasteiger partial charge on any atom is -0.380 e. The zero-order chi connectivity index (χ0) is 44.0. The van der Waals surface area contributed by atoms with Gasteiger partial charge in [0.2, 0.25) is 0 Å². The first kappa shape index (κ1) is 45.1. The van der Waals surface area contributed by atoms with Crippen LogP contribution < -0.4 is 32.1 Å². The third-order valence-electron chi connectivity index (χ3n) is 13.8. The summed E-state index contributed by atoms with van der Waals surface area (Å²) in [6, 6.07) is 12.4. The maximum atomic E-state index is 12.3. The van der Waals surface area contributed by atoms with Crippen molar-refractivity contribution in [2.75, 3.05) is 15.4 Å². The molecule has 5 N–H and O–H groups in total.